The van der Waals surface area contributed by atoms with Gasteiger partial charge in [-0.3, -0.25) is 9.69 Å². The molecule has 1 amide bonds. The number of nitrogens with one attached hydrogen (secondary N) is 1. The van der Waals surface area contributed by atoms with Gasteiger partial charge in [-0.15, -0.1) is 0 Å². The zero-order valence-corrected chi connectivity index (χ0v) is 23.2. The quantitative estimate of drug-likeness (QED) is 0.448. The van der Waals surface area contributed by atoms with E-state index in [1.807, 2.05) is 42.5 Å². The summed E-state index contributed by atoms with van der Waals surface area (Å²) in [6.07, 6.45) is 2.86. The molecule has 39 heavy (non-hydrogen) atoms. The molecule has 0 radical (unpaired) electrons. The van der Waals surface area contributed by atoms with Crippen LogP contribution < -0.4 is 15.0 Å². The average molecular weight is 549 g/mol. The van der Waals surface area contributed by atoms with Gasteiger partial charge in [0.2, 0.25) is 10.0 Å². The molecule has 2 heterocycles. The number of carbonyl (C=O) groups is 1. The third kappa shape index (κ3) is 6.43. The van der Waals surface area contributed by atoms with Gasteiger partial charge < -0.3 is 15.0 Å². The summed E-state index contributed by atoms with van der Waals surface area (Å²) in [5.41, 5.74) is 3.41. The van der Waals surface area contributed by atoms with Crippen molar-refractivity contribution in [2.45, 2.75) is 30.7 Å². The first-order valence-electron chi connectivity index (χ1n) is 13.5. The van der Waals surface area contributed by atoms with E-state index in [1.54, 1.807) is 35.7 Å². The fourth-order valence-electron chi connectivity index (χ4n) is 5.23. The minimum Gasteiger partial charge on any atom is -0.495 e. The van der Waals surface area contributed by atoms with Crippen LogP contribution >= 0.6 is 0 Å². The predicted molar refractivity (Wildman–Crippen MR) is 154 cm³/mol. The van der Waals surface area contributed by atoms with Crippen molar-refractivity contribution in [1.29, 1.82) is 0 Å². The molecular weight excluding hydrogens is 512 g/mol. The Morgan fingerprint density at radius 1 is 0.821 bits per heavy atom. The van der Waals surface area contributed by atoms with Crippen LogP contribution in [0.4, 0.5) is 11.4 Å². The van der Waals surface area contributed by atoms with Gasteiger partial charge in [0.1, 0.15) is 5.75 Å². The number of para-hydroxylation sites is 2. The molecule has 0 aromatic heterocycles. The van der Waals surface area contributed by atoms with E-state index in [2.05, 4.69) is 21.2 Å². The van der Waals surface area contributed by atoms with E-state index in [-0.39, 0.29) is 10.8 Å². The van der Waals surface area contributed by atoms with Crippen LogP contribution in [0.15, 0.2) is 77.7 Å². The lowest BCUT2D eigenvalue weighted by Crippen LogP contribution is -2.46. The van der Waals surface area contributed by atoms with E-state index in [9.17, 15) is 13.2 Å². The number of nitrogens with zero attached hydrogens (tertiary/aromatic N) is 3. The minimum absolute atomic E-state index is 0.224. The van der Waals surface area contributed by atoms with Crippen LogP contribution in [0.5, 0.6) is 5.75 Å². The average Bonchev–Trinajstić information content (AvgIpc) is 2.98. The highest BCUT2D eigenvalue weighted by Gasteiger charge is 2.26. The summed E-state index contributed by atoms with van der Waals surface area (Å²) in [6.45, 7) is 5.71. The SMILES string of the molecule is COc1ccccc1N1CCN(Cc2ccc(C(=O)Nc3ccc(S(=O)(=O)N4CCCCC4)cc3)cc2)CC1. The maximum atomic E-state index is 12.9. The number of hydrogen-bond donors (Lipinski definition) is 1. The number of piperidine rings is 1. The van der Waals surface area contributed by atoms with Gasteiger partial charge in [0.25, 0.3) is 5.91 Å². The van der Waals surface area contributed by atoms with Gasteiger partial charge in [-0.25, -0.2) is 8.42 Å². The lowest BCUT2D eigenvalue weighted by atomic mass is 10.1. The number of carbonyl (C=O) groups excluding carboxylic acids is 1. The van der Waals surface area contributed by atoms with E-state index in [4.69, 9.17) is 4.74 Å². The monoisotopic (exact) mass is 548 g/mol. The van der Waals surface area contributed by atoms with Crippen molar-refractivity contribution in [1.82, 2.24) is 9.21 Å². The van der Waals surface area contributed by atoms with E-state index in [1.165, 1.54) is 0 Å². The number of anilines is 2. The third-order valence-electron chi connectivity index (χ3n) is 7.49. The Labute approximate surface area is 231 Å². The summed E-state index contributed by atoms with van der Waals surface area (Å²) < 4.78 is 32.8. The molecule has 3 aromatic rings. The molecule has 1 N–H and O–H groups in total. The summed E-state index contributed by atoms with van der Waals surface area (Å²) in [4.78, 5) is 17.8. The Bertz CT molecular complexity index is 1360. The topological polar surface area (TPSA) is 82.2 Å². The van der Waals surface area contributed by atoms with Crippen molar-refractivity contribution in [3.8, 4) is 5.75 Å². The van der Waals surface area contributed by atoms with Crippen LogP contribution in [0.25, 0.3) is 0 Å². The molecule has 2 saturated heterocycles. The Balaban J connectivity index is 1.13. The summed E-state index contributed by atoms with van der Waals surface area (Å²) >= 11 is 0. The van der Waals surface area contributed by atoms with Gasteiger partial charge in [-0.2, -0.15) is 4.31 Å². The Kier molecular flexibility index (Phi) is 8.50. The van der Waals surface area contributed by atoms with Gasteiger partial charge in [0.05, 0.1) is 17.7 Å². The zero-order chi connectivity index (χ0) is 27.2. The normalized spacial score (nSPS) is 17.1. The van der Waals surface area contributed by atoms with Crippen LogP contribution in [0.2, 0.25) is 0 Å². The number of piperazine rings is 1. The number of benzene rings is 3. The van der Waals surface area contributed by atoms with E-state index < -0.39 is 10.0 Å². The molecule has 2 aliphatic heterocycles. The third-order valence-corrected chi connectivity index (χ3v) is 9.40. The molecule has 206 valence electrons. The Morgan fingerprint density at radius 3 is 2.15 bits per heavy atom. The highest BCUT2D eigenvalue weighted by atomic mass is 32.2. The van der Waals surface area contributed by atoms with Crippen LogP contribution in [-0.2, 0) is 16.6 Å². The van der Waals surface area contributed by atoms with Crippen molar-refractivity contribution >= 4 is 27.3 Å². The van der Waals surface area contributed by atoms with Gasteiger partial charge >= 0.3 is 0 Å². The standard InChI is InChI=1S/C30H36N4O4S/c1-38-29-8-4-3-7-28(29)33-21-19-32(20-22-33)23-24-9-11-25(12-10-24)30(35)31-26-13-15-27(16-14-26)39(36,37)34-17-5-2-6-18-34/h3-4,7-16H,2,5-6,17-23H2,1H3,(H,31,35). The fraction of sp³-hybridized carbons (Fsp3) is 0.367. The molecule has 0 saturated carbocycles. The molecule has 5 rings (SSSR count). The molecule has 0 spiro atoms. The second-order valence-corrected chi connectivity index (χ2v) is 12.0. The van der Waals surface area contributed by atoms with E-state index in [0.717, 1.165) is 69.0 Å². The van der Waals surface area contributed by atoms with Gasteiger partial charge in [0, 0.05) is 57.1 Å². The lowest BCUT2D eigenvalue weighted by Gasteiger charge is -2.36. The van der Waals surface area contributed by atoms with Crippen LogP contribution in [0.1, 0.15) is 35.2 Å². The Morgan fingerprint density at radius 2 is 1.49 bits per heavy atom. The fourth-order valence-corrected chi connectivity index (χ4v) is 6.74. The van der Waals surface area contributed by atoms with Crippen LogP contribution in [-0.4, -0.2) is 69.9 Å². The second-order valence-electron chi connectivity index (χ2n) is 10.1. The number of ether oxygens (including phenoxy) is 1. The molecule has 0 unspecified atom stereocenters. The largest absolute Gasteiger partial charge is 0.495 e. The minimum atomic E-state index is -3.49. The molecule has 3 aromatic carbocycles. The predicted octanol–water partition coefficient (Wildman–Crippen LogP) is 4.44. The van der Waals surface area contributed by atoms with Crippen molar-refractivity contribution in [2.24, 2.45) is 0 Å². The van der Waals surface area contributed by atoms with Crippen LogP contribution in [0.3, 0.4) is 0 Å². The first-order chi connectivity index (χ1) is 18.9. The van der Waals surface area contributed by atoms with Gasteiger partial charge in [-0.1, -0.05) is 30.7 Å². The van der Waals surface area contributed by atoms with Crippen molar-refractivity contribution in [3.63, 3.8) is 0 Å². The lowest BCUT2D eigenvalue weighted by molar-refractivity contribution is 0.102. The summed E-state index contributed by atoms with van der Waals surface area (Å²) in [7, 11) is -1.78. The van der Waals surface area contributed by atoms with Crippen molar-refractivity contribution in [2.75, 3.05) is 56.6 Å². The molecule has 2 fully saturated rings. The first-order valence-corrected chi connectivity index (χ1v) is 15.0. The summed E-state index contributed by atoms with van der Waals surface area (Å²) in [6, 6.07) is 22.2. The Hall–Kier alpha value is -3.40. The molecule has 9 heteroatoms. The number of rotatable bonds is 8. The number of sulfonamides is 1. The smallest absolute Gasteiger partial charge is 0.255 e. The van der Waals surface area contributed by atoms with Gasteiger partial charge in [0.15, 0.2) is 0 Å². The molecular formula is C30H36N4O4S. The highest BCUT2D eigenvalue weighted by molar-refractivity contribution is 7.89. The van der Waals surface area contributed by atoms with E-state index >= 15 is 0 Å². The number of methoxy groups -OCH3 is 1. The second kappa shape index (κ2) is 12.2. The van der Waals surface area contributed by atoms with Crippen LogP contribution in [0, 0.1) is 0 Å². The summed E-state index contributed by atoms with van der Waals surface area (Å²) in [5, 5.41) is 2.87. The molecule has 0 atom stereocenters. The molecule has 0 bridgehead atoms. The number of amides is 1. The maximum absolute atomic E-state index is 12.9. The zero-order valence-electron chi connectivity index (χ0n) is 22.4. The first kappa shape index (κ1) is 27.2. The number of hydrogen-bond acceptors (Lipinski definition) is 6. The van der Waals surface area contributed by atoms with Crippen molar-refractivity contribution < 1.29 is 17.9 Å². The van der Waals surface area contributed by atoms with Gasteiger partial charge in [-0.05, 0) is 66.9 Å². The van der Waals surface area contributed by atoms with E-state index in [0.29, 0.717) is 24.3 Å². The van der Waals surface area contributed by atoms with Crippen molar-refractivity contribution in [3.05, 3.63) is 83.9 Å². The molecule has 8 nitrogen and oxygen atoms in total. The highest BCUT2D eigenvalue weighted by Crippen LogP contribution is 2.28. The summed E-state index contributed by atoms with van der Waals surface area (Å²) in [5.74, 6) is 0.678. The molecule has 2 aliphatic rings. The maximum Gasteiger partial charge on any atom is 0.255 e. The molecule has 0 aliphatic carbocycles.